The molecule has 116 valence electrons. The normalized spacial score (nSPS) is 23.6. The molecule has 1 aromatic carbocycles. The summed E-state index contributed by atoms with van der Waals surface area (Å²) >= 11 is 12.4. The number of amides is 1. The molecule has 1 aromatic rings. The highest BCUT2D eigenvalue weighted by molar-refractivity contribution is 6.36. The average molecular weight is 329 g/mol. The van der Waals surface area contributed by atoms with Gasteiger partial charge in [0.15, 0.2) is 0 Å². The summed E-state index contributed by atoms with van der Waals surface area (Å²) in [6, 6.07) is 5.62. The minimum atomic E-state index is 0.0441. The SMILES string of the molecule is CC(CNC(=O)C1CCCC(N)C1)c1c(Cl)cccc1Cl. The van der Waals surface area contributed by atoms with E-state index in [-0.39, 0.29) is 23.8 Å². The van der Waals surface area contributed by atoms with Gasteiger partial charge >= 0.3 is 0 Å². The largest absolute Gasteiger partial charge is 0.355 e. The lowest BCUT2D eigenvalue weighted by atomic mass is 9.85. The molecule has 5 heteroatoms. The number of nitrogens with two attached hydrogens (primary N) is 1. The first-order valence-electron chi connectivity index (χ1n) is 7.46. The molecule has 3 atom stereocenters. The summed E-state index contributed by atoms with van der Waals surface area (Å²) in [7, 11) is 0. The summed E-state index contributed by atoms with van der Waals surface area (Å²) in [5.74, 6) is 0.218. The number of halogens is 2. The van der Waals surface area contributed by atoms with Crippen molar-refractivity contribution in [2.24, 2.45) is 11.7 Å². The monoisotopic (exact) mass is 328 g/mol. The first-order chi connectivity index (χ1) is 9.99. The molecular formula is C16H22Cl2N2O. The van der Waals surface area contributed by atoms with Crippen LogP contribution in [0.15, 0.2) is 18.2 Å². The van der Waals surface area contributed by atoms with E-state index in [1.807, 2.05) is 25.1 Å². The second-order valence-corrected chi connectivity index (χ2v) is 6.72. The number of nitrogens with one attached hydrogen (secondary N) is 1. The van der Waals surface area contributed by atoms with Crippen molar-refractivity contribution in [3.8, 4) is 0 Å². The Morgan fingerprint density at radius 2 is 2.05 bits per heavy atom. The third kappa shape index (κ3) is 4.35. The zero-order chi connectivity index (χ0) is 15.4. The van der Waals surface area contributed by atoms with Gasteiger partial charge in [-0.2, -0.15) is 0 Å². The lowest BCUT2D eigenvalue weighted by Gasteiger charge is -2.26. The van der Waals surface area contributed by atoms with Crippen LogP contribution in [0.1, 0.15) is 44.1 Å². The van der Waals surface area contributed by atoms with Crippen LogP contribution in [0.25, 0.3) is 0 Å². The lowest BCUT2D eigenvalue weighted by molar-refractivity contribution is -0.126. The number of benzene rings is 1. The first-order valence-corrected chi connectivity index (χ1v) is 8.21. The molecule has 2 rings (SSSR count). The summed E-state index contributed by atoms with van der Waals surface area (Å²) in [6.45, 7) is 2.55. The molecule has 0 aromatic heterocycles. The summed E-state index contributed by atoms with van der Waals surface area (Å²) in [4.78, 5) is 12.2. The van der Waals surface area contributed by atoms with Crippen molar-refractivity contribution in [2.45, 2.75) is 44.6 Å². The molecule has 3 N–H and O–H groups in total. The molecular weight excluding hydrogens is 307 g/mol. The van der Waals surface area contributed by atoms with Crippen molar-refractivity contribution in [2.75, 3.05) is 6.54 Å². The Morgan fingerprint density at radius 3 is 2.67 bits per heavy atom. The highest BCUT2D eigenvalue weighted by atomic mass is 35.5. The van der Waals surface area contributed by atoms with Crippen molar-refractivity contribution in [3.05, 3.63) is 33.8 Å². The Morgan fingerprint density at radius 1 is 1.38 bits per heavy atom. The molecule has 0 heterocycles. The standard InChI is InChI=1S/C16H22Cl2N2O/c1-10(15-13(17)6-3-7-14(15)18)9-20-16(21)11-4-2-5-12(19)8-11/h3,6-7,10-12H,2,4-5,8-9,19H2,1H3,(H,20,21). The van der Waals surface area contributed by atoms with E-state index < -0.39 is 0 Å². The van der Waals surface area contributed by atoms with Crippen molar-refractivity contribution >= 4 is 29.1 Å². The first kappa shape index (κ1) is 16.6. The molecule has 0 spiro atoms. The lowest BCUT2D eigenvalue weighted by Crippen LogP contribution is -2.39. The maximum absolute atomic E-state index is 12.2. The predicted molar refractivity (Wildman–Crippen MR) is 87.8 cm³/mol. The predicted octanol–water partition coefficient (Wildman–Crippen LogP) is 3.73. The quantitative estimate of drug-likeness (QED) is 0.884. The maximum Gasteiger partial charge on any atom is 0.223 e. The molecule has 3 nitrogen and oxygen atoms in total. The summed E-state index contributed by atoms with van der Waals surface area (Å²) in [5.41, 5.74) is 6.83. The van der Waals surface area contributed by atoms with E-state index in [1.54, 1.807) is 0 Å². The molecule has 0 aliphatic heterocycles. The molecule has 0 radical (unpaired) electrons. The number of rotatable bonds is 4. The summed E-state index contributed by atoms with van der Waals surface area (Å²) in [5, 5.41) is 4.30. The molecule has 3 unspecified atom stereocenters. The maximum atomic E-state index is 12.2. The number of carbonyl (C=O) groups excluding carboxylic acids is 1. The second kappa shape index (κ2) is 7.48. The summed E-state index contributed by atoms with van der Waals surface area (Å²) in [6.07, 6.45) is 3.77. The van der Waals surface area contributed by atoms with Crippen LogP contribution < -0.4 is 11.1 Å². The second-order valence-electron chi connectivity index (χ2n) is 5.91. The summed E-state index contributed by atoms with van der Waals surface area (Å²) < 4.78 is 0. The van der Waals surface area contributed by atoms with Gasteiger partial charge in [-0.1, -0.05) is 42.6 Å². The van der Waals surface area contributed by atoms with E-state index in [0.29, 0.717) is 16.6 Å². The third-order valence-corrected chi connectivity index (χ3v) is 4.82. The Labute approximate surface area is 136 Å². The van der Waals surface area contributed by atoms with Crippen molar-refractivity contribution < 1.29 is 4.79 Å². The zero-order valence-electron chi connectivity index (χ0n) is 12.2. The van der Waals surface area contributed by atoms with Crippen LogP contribution in [0.5, 0.6) is 0 Å². The fourth-order valence-corrected chi connectivity index (χ4v) is 3.72. The minimum Gasteiger partial charge on any atom is -0.355 e. The van der Waals surface area contributed by atoms with E-state index in [1.165, 1.54) is 0 Å². The fourth-order valence-electron chi connectivity index (χ4n) is 2.95. The van der Waals surface area contributed by atoms with Crippen molar-refractivity contribution in [1.29, 1.82) is 0 Å². The molecule has 1 aliphatic carbocycles. The minimum absolute atomic E-state index is 0.0441. The van der Waals surface area contributed by atoms with Crippen LogP contribution in [0.4, 0.5) is 0 Å². The highest BCUT2D eigenvalue weighted by Crippen LogP contribution is 2.31. The van der Waals surface area contributed by atoms with Crippen LogP contribution in [0.3, 0.4) is 0 Å². The van der Waals surface area contributed by atoms with Crippen LogP contribution in [-0.2, 0) is 4.79 Å². The van der Waals surface area contributed by atoms with E-state index in [9.17, 15) is 4.79 Å². The van der Waals surface area contributed by atoms with Gasteiger partial charge in [-0.15, -0.1) is 0 Å². The smallest absolute Gasteiger partial charge is 0.223 e. The third-order valence-electron chi connectivity index (χ3n) is 4.16. The number of hydrogen-bond acceptors (Lipinski definition) is 2. The molecule has 1 aliphatic rings. The Kier molecular flexibility index (Phi) is 5.91. The van der Waals surface area contributed by atoms with E-state index in [0.717, 1.165) is 31.2 Å². The molecule has 21 heavy (non-hydrogen) atoms. The molecule has 1 saturated carbocycles. The fraction of sp³-hybridized carbons (Fsp3) is 0.562. The van der Waals surface area contributed by atoms with Gasteiger partial charge in [0.1, 0.15) is 0 Å². The van der Waals surface area contributed by atoms with Gasteiger partial charge in [0.05, 0.1) is 0 Å². The van der Waals surface area contributed by atoms with Gasteiger partial charge in [0, 0.05) is 34.5 Å². The molecule has 0 saturated heterocycles. The number of hydrogen-bond donors (Lipinski definition) is 2. The van der Waals surface area contributed by atoms with Gasteiger partial charge in [-0.05, 0) is 37.0 Å². The van der Waals surface area contributed by atoms with Gasteiger partial charge in [-0.3, -0.25) is 4.79 Å². The van der Waals surface area contributed by atoms with Crippen LogP contribution in [0.2, 0.25) is 10.0 Å². The van der Waals surface area contributed by atoms with Gasteiger partial charge in [0.2, 0.25) is 5.91 Å². The van der Waals surface area contributed by atoms with Gasteiger partial charge < -0.3 is 11.1 Å². The Hall–Kier alpha value is -0.770. The van der Waals surface area contributed by atoms with E-state index in [4.69, 9.17) is 28.9 Å². The van der Waals surface area contributed by atoms with Crippen LogP contribution in [-0.4, -0.2) is 18.5 Å². The van der Waals surface area contributed by atoms with E-state index in [2.05, 4.69) is 5.32 Å². The van der Waals surface area contributed by atoms with Crippen molar-refractivity contribution in [1.82, 2.24) is 5.32 Å². The van der Waals surface area contributed by atoms with Gasteiger partial charge in [-0.25, -0.2) is 0 Å². The molecule has 1 amide bonds. The van der Waals surface area contributed by atoms with Crippen LogP contribution in [0, 0.1) is 5.92 Å². The molecule has 1 fully saturated rings. The zero-order valence-corrected chi connectivity index (χ0v) is 13.8. The highest BCUT2D eigenvalue weighted by Gasteiger charge is 2.25. The van der Waals surface area contributed by atoms with Crippen LogP contribution >= 0.6 is 23.2 Å². The Bertz CT molecular complexity index is 487. The van der Waals surface area contributed by atoms with Gasteiger partial charge in [0.25, 0.3) is 0 Å². The topological polar surface area (TPSA) is 55.1 Å². The van der Waals surface area contributed by atoms with E-state index >= 15 is 0 Å². The Balaban J connectivity index is 1.91. The molecule has 0 bridgehead atoms. The van der Waals surface area contributed by atoms with Crippen molar-refractivity contribution in [3.63, 3.8) is 0 Å². The average Bonchev–Trinajstić information content (AvgIpc) is 2.44. The number of carbonyl (C=O) groups is 1.